The second-order valence-corrected chi connectivity index (χ2v) is 9.96. The van der Waals surface area contributed by atoms with Gasteiger partial charge in [0.1, 0.15) is 0 Å². The van der Waals surface area contributed by atoms with Crippen molar-refractivity contribution in [1.29, 1.82) is 0 Å². The van der Waals surface area contributed by atoms with Crippen LogP contribution < -0.4 is 5.32 Å². The first-order chi connectivity index (χ1) is 15.1. The Kier molecular flexibility index (Phi) is 5.86. The normalized spacial score (nSPS) is 14.8. The van der Waals surface area contributed by atoms with Gasteiger partial charge in [-0.2, -0.15) is 22.6 Å². The van der Waals surface area contributed by atoms with Crippen molar-refractivity contribution in [2.24, 2.45) is 0 Å². The first-order valence-electron chi connectivity index (χ1n) is 9.36. The summed E-state index contributed by atoms with van der Waals surface area (Å²) in [6.07, 6.45) is -4.39. The van der Waals surface area contributed by atoms with E-state index in [-0.39, 0.29) is 25.3 Å². The van der Waals surface area contributed by atoms with Gasteiger partial charge in [0.05, 0.1) is 10.5 Å². The Morgan fingerprint density at radius 2 is 1.91 bits per heavy atom. The minimum atomic E-state index is -4.66. The molecule has 1 aliphatic rings. The second-order valence-electron chi connectivity index (χ2n) is 7.11. The number of aromatic amines is 1. The molecule has 12 heteroatoms. The zero-order valence-electron chi connectivity index (χ0n) is 16.3. The van der Waals surface area contributed by atoms with Gasteiger partial charge in [-0.25, -0.2) is 8.42 Å². The summed E-state index contributed by atoms with van der Waals surface area (Å²) in [5.41, 5.74) is 0.460. The number of fused-ring (bicyclic) bond motifs is 1. The number of rotatable bonds is 4. The van der Waals surface area contributed by atoms with Crippen LogP contribution in [0.2, 0.25) is 0 Å². The SMILES string of the molecule is O=C(Nc1n[nH]c2c1CN(S(=O)(=O)c1cccc(C(F)(F)F)c1)CC2)c1cccc(Br)c1. The third-order valence-electron chi connectivity index (χ3n) is 5.02. The number of hydrogen-bond donors (Lipinski definition) is 2. The van der Waals surface area contributed by atoms with E-state index in [1.54, 1.807) is 24.3 Å². The molecule has 0 bridgehead atoms. The van der Waals surface area contributed by atoms with Gasteiger partial charge in [0.2, 0.25) is 10.0 Å². The summed E-state index contributed by atoms with van der Waals surface area (Å²) in [5, 5.41) is 9.54. The van der Waals surface area contributed by atoms with E-state index in [1.165, 1.54) is 0 Å². The third-order valence-corrected chi connectivity index (χ3v) is 7.35. The zero-order chi connectivity index (χ0) is 23.1. The maximum atomic E-state index is 13.0. The average molecular weight is 529 g/mol. The molecule has 168 valence electrons. The number of amides is 1. The van der Waals surface area contributed by atoms with Crippen molar-refractivity contribution >= 4 is 37.7 Å². The highest BCUT2D eigenvalue weighted by atomic mass is 79.9. The molecule has 7 nitrogen and oxygen atoms in total. The van der Waals surface area contributed by atoms with Crippen molar-refractivity contribution < 1.29 is 26.4 Å². The maximum absolute atomic E-state index is 13.0. The molecule has 1 amide bonds. The van der Waals surface area contributed by atoms with Crippen LogP contribution in [0.25, 0.3) is 0 Å². The molecule has 2 heterocycles. The van der Waals surface area contributed by atoms with Crippen molar-refractivity contribution in [3.8, 4) is 0 Å². The molecule has 0 aliphatic carbocycles. The molecule has 0 radical (unpaired) electrons. The number of nitrogens with zero attached hydrogens (tertiary/aromatic N) is 2. The Labute approximate surface area is 189 Å². The summed E-state index contributed by atoms with van der Waals surface area (Å²) in [7, 11) is -4.20. The van der Waals surface area contributed by atoms with Crippen LogP contribution in [0, 0.1) is 0 Å². The quantitative estimate of drug-likeness (QED) is 0.530. The molecule has 1 aliphatic heterocycles. The van der Waals surface area contributed by atoms with E-state index in [0.29, 0.717) is 27.4 Å². The number of hydrogen-bond acceptors (Lipinski definition) is 4. The predicted molar refractivity (Wildman–Crippen MR) is 113 cm³/mol. The molecule has 0 fully saturated rings. The Hall–Kier alpha value is -2.70. The summed E-state index contributed by atoms with van der Waals surface area (Å²) < 4.78 is 66.9. The summed E-state index contributed by atoms with van der Waals surface area (Å²) in [4.78, 5) is 12.1. The molecule has 0 saturated carbocycles. The molecule has 32 heavy (non-hydrogen) atoms. The Bertz CT molecular complexity index is 1290. The molecular formula is C20H16BrF3N4O3S. The van der Waals surface area contributed by atoms with Gasteiger partial charge in [0.25, 0.3) is 5.91 Å². The summed E-state index contributed by atoms with van der Waals surface area (Å²) in [6, 6.07) is 10.3. The number of anilines is 1. The molecular weight excluding hydrogens is 513 g/mol. The summed E-state index contributed by atoms with van der Waals surface area (Å²) in [5.74, 6) is -0.257. The van der Waals surface area contributed by atoms with Crippen LogP contribution in [0.3, 0.4) is 0 Å². The number of nitrogens with one attached hydrogen (secondary N) is 2. The van der Waals surface area contributed by atoms with E-state index in [4.69, 9.17) is 0 Å². The van der Waals surface area contributed by atoms with E-state index >= 15 is 0 Å². The van der Waals surface area contributed by atoms with Crippen LogP contribution in [0.5, 0.6) is 0 Å². The van der Waals surface area contributed by atoms with Crippen molar-refractivity contribution in [2.45, 2.75) is 24.0 Å². The second kappa shape index (κ2) is 8.34. The van der Waals surface area contributed by atoms with E-state index in [2.05, 4.69) is 31.4 Å². The molecule has 0 saturated heterocycles. The van der Waals surface area contributed by atoms with Crippen molar-refractivity contribution in [2.75, 3.05) is 11.9 Å². The van der Waals surface area contributed by atoms with Gasteiger partial charge in [-0.3, -0.25) is 9.89 Å². The minimum Gasteiger partial charge on any atom is -0.305 e. The van der Waals surface area contributed by atoms with Gasteiger partial charge in [0.15, 0.2) is 5.82 Å². The Morgan fingerprint density at radius 1 is 1.16 bits per heavy atom. The van der Waals surface area contributed by atoms with Crippen LogP contribution in [0.4, 0.5) is 19.0 Å². The Morgan fingerprint density at radius 3 is 2.62 bits per heavy atom. The van der Waals surface area contributed by atoms with Crippen molar-refractivity contribution in [1.82, 2.24) is 14.5 Å². The summed E-state index contributed by atoms with van der Waals surface area (Å²) >= 11 is 3.29. The number of carbonyl (C=O) groups is 1. The first kappa shape index (κ1) is 22.5. The highest BCUT2D eigenvalue weighted by molar-refractivity contribution is 9.10. The van der Waals surface area contributed by atoms with E-state index in [0.717, 1.165) is 22.5 Å². The van der Waals surface area contributed by atoms with Crippen molar-refractivity contribution in [3.05, 3.63) is 75.4 Å². The lowest BCUT2D eigenvalue weighted by Gasteiger charge is -2.26. The van der Waals surface area contributed by atoms with Gasteiger partial charge < -0.3 is 5.32 Å². The minimum absolute atomic E-state index is 0.0623. The van der Waals surface area contributed by atoms with Gasteiger partial charge in [-0.05, 0) is 36.4 Å². The number of sulfonamides is 1. The first-order valence-corrected chi connectivity index (χ1v) is 11.6. The Balaban J connectivity index is 1.59. The largest absolute Gasteiger partial charge is 0.416 e. The highest BCUT2D eigenvalue weighted by Gasteiger charge is 2.35. The van der Waals surface area contributed by atoms with Gasteiger partial charge >= 0.3 is 6.18 Å². The van der Waals surface area contributed by atoms with E-state index in [9.17, 15) is 26.4 Å². The van der Waals surface area contributed by atoms with Crippen LogP contribution in [-0.2, 0) is 29.2 Å². The van der Waals surface area contributed by atoms with Gasteiger partial charge in [-0.15, -0.1) is 0 Å². The van der Waals surface area contributed by atoms with Crippen LogP contribution in [0.1, 0.15) is 27.2 Å². The average Bonchev–Trinajstić information content (AvgIpc) is 3.15. The molecule has 0 spiro atoms. The fourth-order valence-corrected chi connectivity index (χ4v) is 5.22. The van der Waals surface area contributed by atoms with E-state index < -0.39 is 32.6 Å². The van der Waals surface area contributed by atoms with E-state index in [1.807, 2.05) is 0 Å². The van der Waals surface area contributed by atoms with Gasteiger partial charge in [0, 0.05) is 40.8 Å². The summed E-state index contributed by atoms with van der Waals surface area (Å²) in [6.45, 7) is -0.0781. The number of halogens is 4. The van der Waals surface area contributed by atoms with Crippen LogP contribution in [-0.4, -0.2) is 35.4 Å². The number of aromatic nitrogens is 2. The predicted octanol–water partition coefficient (Wildman–Crippen LogP) is 4.19. The standard InChI is InChI=1S/C20H16BrF3N4O3S/c21-14-5-1-3-12(9-14)19(29)25-18-16-11-28(8-7-17(16)26-27-18)32(30,31)15-6-2-4-13(10-15)20(22,23)24/h1-6,9-10H,7-8,11H2,(H2,25,26,27,29). The monoisotopic (exact) mass is 528 g/mol. The lowest BCUT2D eigenvalue weighted by molar-refractivity contribution is -0.137. The molecule has 0 unspecified atom stereocenters. The smallest absolute Gasteiger partial charge is 0.305 e. The zero-order valence-corrected chi connectivity index (χ0v) is 18.7. The molecule has 1 aromatic heterocycles. The number of benzene rings is 2. The number of carbonyl (C=O) groups excluding carboxylic acids is 1. The molecule has 2 aromatic carbocycles. The number of H-pyrrole nitrogens is 1. The van der Waals surface area contributed by atoms with Crippen molar-refractivity contribution in [3.63, 3.8) is 0 Å². The molecule has 2 N–H and O–H groups in total. The van der Waals surface area contributed by atoms with Gasteiger partial charge in [-0.1, -0.05) is 28.1 Å². The maximum Gasteiger partial charge on any atom is 0.416 e. The lowest BCUT2D eigenvalue weighted by Crippen LogP contribution is -2.36. The van der Waals surface area contributed by atoms with Crippen LogP contribution in [0.15, 0.2) is 57.9 Å². The third kappa shape index (κ3) is 4.43. The van der Waals surface area contributed by atoms with Crippen LogP contribution >= 0.6 is 15.9 Å². The fourth-order valence-electron chi connectivity index (χ4n) is 3.37. The topological polar surface area (TPSA) is 95.2 Å². The highest BCUT2D eigenvalue weighted by Crippen LogP contribution is 2.33. The lowest BCUT2D eigenvalue weighted by atomic mass is 10.1. The molecule has 0 atom stereocenters. The fraction of sp³-hybridized carbons (Fsp3) is 0.200. The number of alkyl halides is 3. The molecule has 4 rings (SSSR count). The molecule has 3 aromatic rings.